The molecule has 0 aromatic heterocycles. The van der Waals surface area contributed by atoms with Gasteiger partial charge >= 0.3 is 0 Å². The van der Waals surface area contributed by atoms with E-state index in [9.17, 15) is 9.90 Å². The zero-order chi connectivity index (χ0) is 21.2. The second-order valence-electron chi connectivity index (χ2n) is 7.54. The normalized spacial score (nSPS) is 15.7. The molecule has 2 aromatic rings. The first-order valence-electron chi connectivity index (χ1n) is 10.8. The van der Waals surface area contributed by atoms with Gasteiger partial charge in [0.05, 0.1) is 13.2 Å². The maximum absolute atomic E-state index is 12.1. The minimum absolute atomic E-state index is 0.0106. The third-order valence-electron chi connectivity index (χ3n) is 5.34. The van der Waals surface area contributed by atoms with Crippen LogP contribution in [0.5, 0.6) is 0 Å². The smallest absolute Gasteiger partial charge is 0.226 e. The van der Waals surface area contributed by atoms with E-state index in [4.69, 9.17) is 0 Å². The molecule has 1 aliphatic rings. The summed E-state index contributed by atoms with van der Waals surface area (Å²) in [6, 6.07) is 18.1. The molecule has 1 amide bonds. The van der Waals surface area contributed by atoms with Crippen LogP contribution in [-0.2, 0) is 11.3 Å². The van der Waals surface area contributed by atoms with Crippen molar-refractivity contribution in [3.05, 3.63) is 65.7 Å². The minimum Gasteiger partial charge on any atom is -0.396 e. The van der Waals surface area contributed by atoms with E-state index in [0.717, 1.165) is 48.7 Å². The van der Waals surface area contributed by atoms with Crippen LogP contribution < -0.4 is 15.5 Å². The Bertz CT molecular complexity index is 821. The standard InChI is InChI=1S/C24H32N4O2/c1-2-25-24(27-17-21(18-29)20-8-4-3-5-9-20)26-16-19-11-13-22(14-12-19)28-15-7-6-10-23(28)30/h3-5,8-9,11-14,21,29H,2,6-7,10,15-18H2,1H3,(H2,25,26,27). The number of carbonyl (C=O) groups excluding carboxylic acids is 1. The molecule has 2 aromatic carbocycles. The molecule has 3 N–H and O–H groups in total. The molecule has 30 heavy (non-hydrogen) atoms. The molecule has 1 saturated heterocycles. The topological polar surface area (TPSA) is 77.0 Å². The first kappa shape index (κ1) is 21.8. The number of aliphatic hydroxyl groups is 1. The van der Waals surface area contributed by atoms with Gasteiger partial charge in [0.15, 0.2) is 5.96 Å². The molecule has 160 valence electrons. The second kappa shape index (κ2) is 11.4. The largest absolute Gasteiger partial charge is 0.396 e. The highest BCUT2D eigenvalue weighted by Gasteiger charge is 2.19. The monoisotopic (exact) mass is 408 g/mol. The van der Waals surface area contributed by atoms with Crippen molar-refractivity contribution in [2.75, 3.05) is 31.1 Å². The summed E-state index contributed by atoms with van der Waals surface area (Å²) in [5, 5.41) is 16.3. The lowest BCUT2D eigenvalue weighted by Crippen LogP contribution is -2.39. The first-order valence-corrected chi connectivity index (χ1v) is 10.8. The van der Waals surface area contributed by atoms with Crippen molar-refractivity contribution in [1.82, 2.24) is 10.6 Å². The van der Waals surface area contributed by atoms with Gasteiger partial charge in [-0.2, -0.15) is 0 Å². The maximum Gasteiger partial charge on any atom is 0.226 e. The number of aliphatic hydroxyl groups excluding tert-OH is 1. The molecule has 1 unspecified atom stereocenters. The average Bonchev–Trinajstić information content (AvgIpc) is 2.79. The number of rotatable bonds is 8. The van der Waals surface area contributed by atoms with Crippen LogP contribution in [-0.4, -0.2) is 43.2 Å². The molecular weight excluding hydrogens is 376 g/mol. The van der Waals surface area contributed by atoms with Crippen LogP contribution in [0.15, 0.2) is 59.6 Å². The summed E-state index contributed by atoms with van der Waals surface area (Å²) in [5.74, 6) is 0.945. The number of aliphatic imine (C=N–C) groups is 1. The fourth-order valence-electron chi connectivity index (χ4n) is 3.61. The van der Waals surface area contributed by atoms with Gasteiger partial charge in [-0.15, -0.1) is 0 Å². The number of nitrogens with zero attached hydrogens (tertiary/aromatic N) is 2. The van der Waals surface area contributed by atoms with Crippen LogP contribution in [0.1, 0.15) is 43.2 Å². The maximum atomic E-state index is 12.1. The number of guanidine groups is 1. The number of hydrogen-bond donors (Lipinski definition) is 3. The number of carbonyl (C=O) groups is 1. The Morgan fingerprint density at radius 3 is 2.53 bits per heavy atom. The van der Waals surface area contributed by atoms with Gasteiger partial charge in [0, 0.05) is 37.7 Å². The van der Waals surface area contributed by atoms with Crippen LogP contribution in [0.3, 0.4) is 0 Å². The molecule has 6 nitrogen and oxygen atoms in total. The Balaban J connectivity index is 1.59. The van der Waals surface area contributed by atoms with E-state index in [1.54, 1.807) is 0 Å². The molecular formula is C24H32N4O2. The lowest BCUT2D eigenvalue weighted by atomic mass is 10.0. The van der Waals surface area contributed by atoms with Gasteiger partial charge in [0.2, 0.25) is 5.91 Å². The number of hydrogen-bond acceptors (Lipinski definition) is 3. The Morgan fingerprint density at radius 1 is 1.10 bits per heavy atom. The molecule has 6 heteroatoms. The number of piperidine rings is 1. The average molecular weight is 409 g/mol. The van der Waals surface area contributed by atoms with Crippen LogP contribution >= 0.6 is 0 Å². The summed E-state index contributed by atoms with van der Waals surface area (Å²) in [6.07, 6.45) is 2.69. The highest BCUT2D eigenvalue weighted by Crippen LogP contribution is 2.21. The SMILES string of the molecule is CCNC(=NCc1ccc(N2CCCCC2=O)cc1)NCC(CO)c1ccccc1. The van der Waals surface area contributed by atoms with E-state index in [2.05, 4.69) is 15.6 Å². The molecule has 1 fully saturated rings. The van der Waals surface area contributed by atoms with Gasteiger partial charge in [-0.25, -0.2) is 4.99 Å². The van der Waals surface area contributed by atoms with E-state index >= 15 is 0 Å². The Morgan fingerprint density at radius 2 is 1.87 bits per heavy atom. The summed E-state index contributed by atoms with van der Waals surface area (Å²) >= 11 is 0. The van der Waals surface area contributed by atoms with Gasteiger partial charge < -0.3 is 20.6 Å². The van der Waals surface area contributed by atoms with Crippen LogP contribution in [0.2, 0.25) is 0 Å². The molecule has 3 rings (SSSR count). The van der Waals surface area contributed by atoms with Crippen LogP contribution in [0.25, 0.3) is 0 Å². The zero-order valence-electron chi connectivity index (χ0n) is 17.7. The van der Waals surface area contributed by atoms with E-state index in [1.165, 1.54) is 0 Å². The Hall–Kier alpha value is -2.86. The third kappa shape index (κ3) is 6.07. The van der Waals surface area contributed by atoms with Gasteiger partial charge in [-0.3, -0.25) is 4.79 Å². The highest BCUT2D eigenvalue weighted by atomic mass is 16.3. The Kier molecular flexibility index (Phi) is 8.27. The molecule has 1 aliphatic heterocycles. The number of benzene rings is 2. The molecule has 0 saturated carbocycles. The first-order chi connectivity index (χ1) is 14.7. The molecule has 1 heterocycles. The summed E-state index contributed by atoms with van der Waals surface area (Å²) in [6.45, 7) is 4.81. The summed E-state index contributed by atoms with van der Waals surface area (Å²) in [4.78, 5) is 18.6. The second-order valence-corrected chi connectivity index (χ2v) is 7.54. The van der Waals surface area contributed by atoms with E-state index in [1.807, 2.05) is 66.4 Å². The molecule has 0 radical (unpaired) electrons. The highest BCUT2D eigenvalue weighted by molar-refractivity contribution is 5.93. The fraction of sp³-hybridized carbons (Fsp3) is 0.417. The van der Waals surface area contributed by atoms with E-state index < -0.39 is 0 Å². The summed E-state index contributed by atoms with van der Waals surface area (Å²) < 4.78 is 0. The van der Waals surface area contributed by atoms with Gasteiger partial charge in [-0.1, -0.05) is 42.5 Å². The summed E-state index contributed by atoms with van der Waals surface area (Å²) in [7, 11) is 0. The lowest BCUT2D eigenvalue weighted by molar-refractivity contribution is -0.119. The quantitative estimate of drug-likeness (QED) is 0.464. The summed E-state index contributed by atoms with van der Waals surface area (Å²) in [5.41, 5.74) is 3.15. The predicted octanol–water partition coefficient (Wildman–Crippen LogP) is 3.03. The molecule has 0 spiro atoms. The molecule has 0 aliphatic carbocycles. The van der Waals surface area contributed by atoms with Crippen LogP contribution in [0.4, 0.5) is 5.69 Å². The predicted molar refractivity (Wildman–Crippen MR) is 122 cm³/mol. The third-order valence-corrected chi connectivity index (χ3v) is 5.34. The zero-order valence-corrected chi connectivity index (χ0v) is 17.7. The number of amides is 1. The van der Waals surface area contributed by atoms with Gasteiger partial charge in [-0.05, 0) is 43.0 Å². The van der Waals surface area contributed by atoms with Crippen LogP contribution in [0, 0.1) is 0 Å². The van der Waals surface area contributed by atoms with Crippen molar-refractivity contribution in [2.24, 2.45) is 4.99 Å². The van der Waals surface area contributed by atoms with Crippen molar-refractivity contribution in [1.29, 1.82) is 0 Å². The van der Waals surface area contributed by atoms with Gasteiger partial charge in [0.25, 0.3) is 0 Å². The van der Waals surface area contributed by atoms with E-state index in [-0.39, 0.29) is 18.4 Å². The molecule has 0 bridgehead atoms. The van der Waals surface area contributed by atoms with Gasteiger partial charge in [0.1, 0.15) is 0 Å². The van der Waals surface area contributed by atoms with E-state index in [0.29, 0.717) is 19.5 Å². The van der Waals surface area contributed by atoms with Crippen molar-refractivity contribution in [3.63, 3.8) is 0 Å². The van der Waals surface area contributed by atoms with Crippen molar-refractivity contribution < 1.29 is 9.90 Å². The van der Waals surface area contributed by atoms with Crippen molar-refractivity contribution in [3.8, 4) is 0 Å². The van der Waals surface area contributed by atoms with Crippen molar-refractivity contribution in [2.45, 2.75) is 38.6 Å². The minimum atomic E-state index is 0.0106. The number of nitrogens with one attached hydrogen (secondary N) is 2. The lowest BCUT2D eigenvalue weighted by Gasteiger charge is -2.26. The van der Waals surface area contributed by atoms with Crippen molar-refractivity contribution >= 4 is 17.6 Å². The Labute approximate surface area is 179 Å². The number of anilines is 1. The molecule has 1 atom stereocenters. The fourth-order valence-corrected chi connectivity index (χ4v) is 3.61.